The fourth-order valence-electron chi connectivity index (χ4n) is 2.46. The zero-order valence-corrected chi connectivity index (χ0v) is 13.6. The summed E-state index contributed by atoms with van der Waals surface area (Å²) in [7, 11) is 3.85. The van der Waals surface area contributed by atoms with Crippen LogP contribution in [0.15, 0.2) is 60.7 Å². The first-order valence-electron chi connectivity index (χ1n) is 7.61. The molecule has 0 aromatic heterocycles. The molecule has 1 atom stereocenters. The molecule has 0 saturated carbocycles. The summed E-state index contributed by atoms with van der Waals surface area (Å²) in [6.45, 7) is 3.26. The maximum atomic E-state index is 12.4. The second kappa shape index (κ2) is 7.76. The highest BCUT2D eigenvalue weighted by molar-refractivity contribution is 5.78. The number of amides is 1. The predicted molar refractivity (Wildman–Crippen MR) is 90.4 cm³/mol. The van der Waals surface area contributed by atoms with Crippen molar-refractivity contribution in [2.75, 3.05) is 20.6 Å². The molecule has 22 heavy (non-hydrogen) atoms. The van der Waals surface area contributed by atoms with Crippen molar-refractivity contribution in [2.24, 2.45) is 0 Å². The van der Waals surface area contributed by atoms with Gasteiger partial charge in [0.25, 0.3) is 0 Å². The van der Waals surface area contributed by atoms with E-state index in [1.54, 1.807) is 0 Å². The summed E-state index contributed by atoms with van der Waals surface area (Å²) in [6, 6.07) is 20.4. The topological polar surface area (TPSA) is 23.6 Å². The van der Waals surface area contributed by atoms with E-state index >= 15 is 0 Å². The fraction of sp³-hybridized carbons (Fsp3) is 0.316. The molecule has 3 heteroatoms. The highest BCUT2D eigenvalue weighted by atomic mass is 16.2. The zero-order chi connectivity index (χ0) is 15.9. The molecule has 0 aliphatic carbocycles. The number of carbonyl (C=O) groups is 1. The third-order valence-electron chi connectivity index (χ3n) is 3.96. The summed E-state index contributed by atoms with van der Waals surface area (Å²) in [5, 5.41) is 0. The first-order valence-corrected chi connectivity index (χ1v) is 7.61. The van der Waals surface area contributed by atoms with Crippen LogP contribution in [-0.2, 0) is 11.3 Å². The molecule has 0 aliphatic rings. The lowest BCUT2D eigenvalue weighted by Crippen LogP contribution is -2.37. The molecule has 0 heterocycles. The van der Waals surface area contributed by atoms with Crippen molar-refractivity contribution in [3.63, 3.8) is 0 Å². The smallest absolute Gasteiger partial charge is 0.236 e. The van der Waals surface area contributed by atoms with Crippen LogP contribution in [0.5, 0.6) is 0 Å². The van der Waals surface area contributed by atoms with Gasteiger partial charge in [0.2, 0.25) is 5.91 Å². The van der Waals surface area contributed by atoms with E-state index < -0.39 is 0 Å². The van der Waals surface area contributed by atoms with Crippen LogP contribution in [0, 0.1) is 0 Å². The fourth-order valence-corrected chi connectivity index (χ4v) is 2.46. The summed E-state index contributed by atoms with van der Waals surface area (Å²) in [5.41, 5.74) is 2.38. The van der Waals surface area contributed by atoms with E-state index in [0.717, 1.165) is 12.1 Å². The lowest BCUT2D eigenvalue weighted by Gasteiger charge is -2.27. The van der Waals surface area contributed by atoms with Crippen molar-refractivity contribution in [2.45, 2.75) is 19.5 Å². The average molecular weight is 296 g/mol. The normalized spacial score (nSPS) is 12.2. The molecule has 116 valence electrons. The van der Waals surface area contributed by atoms with Crippen LogP contribution >= 0.6 is 0 Å². The summed E-state index contributed by atoms with van der Waals surface area (Å²) in [4.78, 5) is 16.3. The highest BCUT2D eigenvalue weighted by Crippen LogP contribution is 2.18. The number of rotatable bonds is 6. The first-order chi connectivity index (χ1) is 10.6. The molecule has 0 saturated heterocycles. The van der Waals surface area contributed by atoms with Gasteiger partial charge in [0.1, 0.15) is 0 Å². The van der Waals surface area contributed by atoms with E-state index in [0.29, 0.717) is 6.54 Å². The molecule has 0 bridgehead atoms. The Hall–Kier alpha value is -2.13. The van der Waals surface area contributed by atoms with E-state index in [-0.39, 0.29) is 11.9 Å². The lowest BCUT2D eigenvalue weighted by molar-refractivity contribution is -0.132. The van der Waals surface area contributed by atoms with Crippen LogP contribution in [0.4, 0.5) is 0 Å². The van der Waals surface area contributed by atoms with Gasteiger partial charge in [-0.1, -0.05) is 60.7 Å². The van der Waals surface area contributed by atoms with Gasteiger partial charge in [-0.15, -0.1) is 0 Å². The maximum Gasteiger partial charge on any atom is 0.236 e. The van der Waals surface area contributed by atoms with Crippen molar-refractivity contribution < 1.29 is 4.79 Å². The maximum absolute atomic E-state index is 12.4. The molecule has 2 rings (SSSR count). The van der Waals surface area contributed by atoms with Crippen molar-refractivity contribution in [1.29, 1.82) is 0 Å². The van der Waals surface area contributed by atoms with Gasteiger partial charge in [0.15, 0.2) is 0 Å². The molecule has 0 radical (unpaired) electrons. The molecule has 0 N–H and O–H groups in total. The zero-order valence-electron chi connectivity index (χ0n) is 13.6. The molecule has 1 unspecified atom stereocenters. The monoisotopic (exact) mass is 296 g/mol. The molecule has 0 fully saturated rings. The number of likely N-dealkylation sites (N-methyl/N-ethyl adjacent to an activating group) is 2. The average Bonchev–Trinajstić information content (AvgIpc) is 2.55. The highest BCUT2D eigenvalue weighted by Gasteiger charge is 2.18. The molecule has 2 aromatic rings. The Morgan fingerprint density at radius 3 is 2.09 bits per heavy atom. The van der Waals surface area contributed by atoms with Crippen LogP contribution in [0.3, 0.4) is 0 Å². The predicted octanol–water partition coefficient (Wildman–Crippen LogP) is 3.34. The van der Waals surface area contributed by atoms with E-state index in [1.807, 2.05) is 60.3 Å². The Labute approximate surface area is 133 Å². The van der Waals surface area contributed by atoms with E-state index in [1.165, 1.54) is 5.56 Å². The van der Waals surface area contributed by atoms with Gasteiger partial charge in [0, 0.05) is 13.6 Å². The van der Waals surface area contributed by atoms with E-state index in [9.17, 15) is 4.79 Å². The summed E-state index contributed by atoms with van der Waals surface area (Å²) < 4.78 is 0. The Kier molecular flexibility index (Phi) is 5.73. The van der Waals surface area contributed by atoms with Gasteiger partial charge in [-0.3, -0.25) is 9.69 Å². The second-order valence-corrected chi connectivity index (χ2v) is 5.75. The van der Waals surface area contributed by atoms with Crippen LogP contribution in [-0.4, -0.2) is 36.3 Å². The van der Waals surface area contributed by atoms with Crippen LogP contribution in [0.1, 0.15) is 24.1 Å². The van der Waals surface area contributed by atoms with Crippen molar-refractivity contribution in [1.82, 2.24) is 9.80 Å². The van der Waals surface area contributed by atoms with Crippen molar-refractivity contribution in [3.05, 3.63) is 71.8 Å². The standard InChI is InChI=1S/C19H24N2O/c1-16(18-12-8-5-9-13-18)21(3)19(22)15-20(2)14-17-10-6-4-7-11-17/h4-13,16H,14-15H2,1-3H3. The number of carbonyl (C=O) groups excluding carboxylic acids is 1. The van der Waals surface area contributed by atoms with E-state index in [2.05, 4.69) is 31.2 Å². The van der Waals surface area contributed by atoms with Crippen LogP contribution in [0.2, 0.25) is 0 Å². The summed E-state index contributed by atoms with van der Waals surface area (Å²) >= 11 is 0. The number of hydrogen-bond donors (Lipinski definition) is 0. The number of nitrogens with zero attached hydrogens (tertiary/aromatic N) is 2. The van der Waals surface area contributed by atoms with Gasteiger partial charge < -0.3 is 4.90 Å². The summed E-state index contributed by atoms with van der Waals surface area (Å²) in [5.74, 6) is 0.134. The Bertz CT molecular complexity index is 583. The number of benzene rings is 2. The largest absolute Gasteiger partial charge is 0.338 e. The number of hydrogen-bond acceptors (Lipinski definition) is 2. The van der Waals surface area contributed by atoms with E-state index in [4.69, 9.17) is 0 Å². The first kappa shape index (κ1) is 16.2. The molecular weight excluding hydrogens is 272 g/mol. The minimum atomic E-state index is 0.0822. The van der Waals surface area contributed by atoms with Gasteiger partial charge in [0.05, 0.1) is 12.6 Å². The molecule has 2 aromatic carbocycles. The van der Waals surface area contributed by atoms with Crippen LogP contribution in [0.25, 0.3) is 0 Å². The van der Waals surface area contributed by atoms with Gasteiger partial charge >= 0.3 is 0 Å². The Morgan fingerprint density at radius 2 is 1.50 bits per heavy atom. The Morgan fingerprint density at radius 1 is 0.955 bits per heavy atom. The SMILES string of the molecule is CC(c1ccccc1)N(C)C(=O)CN(C)Cc1ccccc1. The van der Waals surface area contributed by atoms with Gasteiger partial charge in [-0.05, 0) is 25.1 Å². The van der Waals surface area contributed by atoms with Crippen molar-refractivity contribution >= 4 is 5.91 Å². The minimum absolute atomic E-state index is 0.0822. The summed E-state index contributed by atoms with van der Waals surface area (Å²) in [6.07, 6.45) is 0. The molecular formula is C19H24N2O. The second-order valence-electron chi connectivity index (χ2n) is 5.75. The van der Waals surface area contributed by atoms with Crippen LogP contribution < -0.4 is 0 Å². The minimum Gasteiger partial charge on any atom is -0.338 e. The molecule has 3 nitrogen and oxygen atoms in total. The van der Waals surface area contributed by atoms with Gasteiger partial charge in [-0.25, -0.2) is 0 Å². The third kappa shape index (κ3) is 4.43. The Balaban J connectivity index is 1.91. The molecule has 0 spiro atoms. The molecule has 0 aliphatic heterocycles. The lowest BCUT2D eigenvalue weighted by atomic mass is 10.1. The van der Waals surface area contributed by atoms with Crippen molar-refractivity contribution in [3.8, 4) is 0 Å². The quantitative estimate of drug-likeness (QED) is 0.816. The van der Waals surface area contributed by atoms with Gasteiger partial charge in [-0.2, -0.15) is 0 Å². The molecule has 1 amide bonds. The third-order valence-corrected chi connectivity index (χ3v) is 3.96.